The summed E-state index contributed by atoms with van der Waals surface area (Å²) in [5.74, 6) is 0.0181. The minimum Gasteiger partial charge on any atom is -0.393 e. The second-order valence-corrected chi connectivity index (χ2v) is 5.22. The molecule has 1 rings (SSSR count). The van der Waals surface area contributed by atoms with E-state index in [1.807, 2.05) is 13.8 Å². The Bertz CT molecular complexity index is 481. The molecule has 5 nitrogen and oxygen atoms in total. The van der Waals surface area contributed by atoms with E-state index in [4.69, 9.17) is 18.0 Å². The molecule has 1 heterocycles. The molecule has 0 aliphatic carbocycles. The van der Waals surface area contributed by atoms with E-state index in [1.54, 1.807) is 16.6 Å². The lowest BCUT2D eigenvalue weighted by atomic mass is 10.1. The fourth-order valence-corrected chi connectivity index (χ4v) is 2.14. The Balaban J connectivity index is 2.69. The van der Waals surface area contributed by atoms with E-state index in [1.165, 1.54) is 5.56 Å². The van der Waals surface area contributed by atoms with Crippen molar-refractivity contribution in [2.24, 2.45) is 5.73 Å². The Morgan fingerprint density at radius 3 is 2.58 bits per heavy atom. The molecule has 6 heteroatoms. The predicted octanol–water partition coefficient (Wildman–Crippen LogP) is 1.20. The summed E-state index contributed by atoms with van der Waals surface area (Å²) in [7, 11) is 1.76. The highest BCUT2D eigenvalue weighted by Crippen LogP contribution is 2.13. The molecule has 0 aliphatic heterocycles. The molecule has 1 aromatic heterocycles. The fraction of sp³-hybridized carbons (Fsp3) is 0.615. The van der Waals surface area contributed by atoms with Gasteiger partial charge in [-0.15, -0.1) is 0 Å². The third-order valence-electron chi connectivity index (χ3n) is 3.29. The smallest absolute Gasteiger partial charge is 0.244 e. The highest BCUT2D eigenvalue weighted by Gasteiger charge is 2.15. The van der Waals surface area contributed by atoms with Gasteiger partial charge in [0.15, 0.2) is 0 Å². The van der Waals surface area contributed by atoms with Gasteiger partial charge in [-0.25, -0.2) is 0 Å². The number of thiocarbonyl (C=S) groups is 1. The Hall–Kier alpha value is -1.43. The van der Waals surface area contributed by atoms with Gasteiger partial charge in [0.25, 0.3) is 0 Å². The lowest BCUT2D eigenvalue weighted by molar-refractivity contribution is -0.130. The summed E-state index contributed by atoms with van der Waals surface area (Å²) in [6.45, 7) is 6.89. The second-order valence-electron chi connectivity index (χ2n) is 4.69. The van der Waals surface area contributed by atoms with Crippen molar-refractivity contribution in [1.82, 2.24) is 14.7 Å². The van der Waals surface area contributed by atoms with Crippen LogP contribution >= 0.6 is 12.2 Å². The van der Waals surface area contributed by atoms with Gasteiger partial charge in [-0.3, -0.25) is 9.48 Å². The summed E-state index contributed by atoms with van der Waals surface area (Å²) in [5.41, 5.74) is 8.72. The first-order valence-corrected chi connectivity index (χ1v) is 6.82. The van der Waals surface area contributed by atoms with E-state index in [2.05, 4.69) is 12.0 Å². The third kappa shape index (κ3) is 4.02. The Morgan fingerprint density at radius 1 is 1.47 bits per heavy atom. The molecule has 0 saturated carbocycles. The van der Waals surface area contributed by atoms with Crippen LogP contribution < -0.4 is 5.73 Å². The minimum absolute atomic E-state index is 0.0181. The van der Waals surface area contributed by atoms with Crippen molar-refractivity contribution in [3.63, 3.8) is 0 Å². The van der Waals surface area contributed by atoms with E-state index in [9.17, 15) is 4.79 Å². The number of nitrogens with zero attached hydrogens (tertiary/aromatic N) is 3. The van der Waals surface area contributed by atoms with E-state index in [0.717, 1.165) is 17.8 Å². The number of aryl methyl sites for hydroxylation is 1. The summed E-state index contributed by atoms with van der Waals surface area (Å²) < 4.78 is 1.77. The molecule has 2 N–H and O–H groups in total. The van der Waals surface area contributed by atoms with E-state index in [0.29, 0.717) is 18.0 Å². The second kappa shape index (κ2) is 6.65. The molecule has 0 atom stereocenters. The molecule has 1 aromatic rings. The van der Waals surface area contributed by atoms with E-state index >= 15 is 0 Å². The molecule has 0 aliphatic rings. The van der Waals surface area contributed by atoms with Gasteiger partial charge in [0, 0.05) is 25.7 Å². The molecule has 0 saturated heterocycles. The molecule has 106 valence electrons. The van der Waals surface area contributed by atoms with Crippen molar-refractivity contribution in [2.45, 2.75) is 40.2 Å². The summed E-state index contributed by atoms with van der Waals surface area (Å²) in [6, 6.07) is 0. The summed E-state index contributed by atoms with van der Waals surface area (Å²) in [5, 5.41) is 4.42. The van der Waals surface area contributed by atoms with Crippen LogP contribution in [0.25, 0.3) is 0 Å². The van der Waals surface area contributed by atoms with Gasteiger partial charge in [0.1, 0.15) is 6.54 Å². The molecule has 0 unspecified atom stereocenters. The fourth-order valence-electron chi connectivity index (χ4n) is 2.05. The Labute approximate surface area is 119 Å². The lowest BCUT2D eigenvalue weighted by Gasteiger charge is -2.17. The summed E-state index contributed by atoms with van der Waals surface area (Å²) >= 11 is 4.81. The number of carbonyl (C=O) groups excluding carboxylic acids is 1. The van der Waals surface area contributed by atoms with Gasteiger partial charge in [-0.2, -0.15) is 5.10 Å². The monoisotopic (exact) mass is 282 g/mol. The van der Waals surface area contributed by atoms with Crippen LogP contribution in [0.1, 0.15) is 30.3 Å². The summed E-state index contributed by atoms with van der Waals surface area (Å²) in [4.78, 5) is 14.1. The lowest BCUT2D eigenvalue weighted by Crippen LogP contribution is -2.33. The SMILES string of the molecule is CCc1c(C)nn(CC(=O)N(C)CCC(N)=S)c1C. The Morgan fingerprint density at radius 2 is 2.11 bits per heavy atom. The minimum atomic E-state index is 0.0181. The van der Waals surface area contributed by atoms with E-state index in [-0.39, 0.29) is 12.5 Å². The molecular weight excluding hydrogens is 260 g/mol. The van der Waals surface area contributed by atoms with Crippen LogP contribution in [0.15, 0.2) is 0 Å². The molecule has 0 aromatic carbocycles. The third-order valence-corrected chi connectivity index (χ3v) is 3.49. The number of amides is 1. The van der Waals surface area contributed by atoms with Gasteiger partial charge < -0.3 is 10.6 Å². The highest BCUT2D eigenvalue weighted by atomic mass is 32.1. The number of carbonyl (C=O) groups is 1. The highest BCUT2D eigenvalue weighted by molar-refractivity contribution is 7.80. The first kappa shape index (κ1) is 15.6. The topological polar surface area (TPSA) is 64.2 Å². The van der Waals surface area contributed by atoms with Crippen LogP contribution in [0.3, 0.4) is 0 Å². The number of nitrogens with two attached hydrogens (primary N) is 1. The molecule has 0 spiro atoms. The molecule has 1 amide bonds. The van der Waals surface area contributed by atoms with Crippen LogP contribution in [-0.4, -0.2) is 39.2 Å². The van der Waals surface area contributed by atoms with Crippen LogP contribution in [0.5, 0.6) is 0 Å². The van der Waals surface area contributed by atoms with Crippen molar-refractivity contribution in [2.75, 3.05) is 13.6 Å². The van der Waals surface area contributed by atoms with Crippen molar-refractivity contribution < 1.29 is 4.79 Å². The van der Waals surface area contributed by atoms with E-state index < -0.39 is 0 Å². The van der Waals surface area contributed by atoms with Crippen LogP contribution in [0, 0.1) is 13.8 Å². The largest absolute Gasteiger partial charge is 0.393 e. The van der Waals surface area contributed by atoms with Gasteiger partial charge in [-0.1, -0.05) is 19.1 Å². The van der Waals surface area contributed by atoms with Gasteiger partial charge in [-0.05, 0) is 25.8 Å². The van der Waals surface area contributed by atoms with Gasteiger partial charge in [0.05, 0.1) is 10.7 Å². The number of hydrogen-bond acceptors (Lipinski definition) is 3. The maximum Gasteiger partial charge on any atom is 0.244 e. The van der Waals surface area contributed by atoms with Crippen LogP contribution in [0.2, 0.25) is 0 Å². The van der Waals surface area contributed by atoms with Crippen molar-refractivity contribution in [3.05, 3.63) is 17.0 Å². The average molecular weight is 282 g/mol. The maximum absolute atomic E-state index is 12.1. The zero-order valence-corrected chi connectivity index (χ0v) is 12.9. The van der Waals surface area contributed by atoms with Crippen LogP contribution in [-0.2, 0) is 17.8 Å². The number of aromatic nitrogens is 2. The standard InChI is InChI=1S/C13H22N4OS/c1-5-11-9(2)15-17(10(11)3)8-13(18)16(4)7-6-12(14)19/h5-8H2,1-4H3,(H2,14,19). The molecule has 0 radical (unpaired) electrons. The number of rotatable bonds is 6. The quantitative estimate of drug-likeness (QED) is 0.796. The first-order valence-electron chi connectivity index (χ1n) is 6.42. The maximum atomic E-state index is 12.1. The van der Waals surface area contributed by atoms with Crippen molar-refractivity contribution in [1.29, 1.82) is 0 Å². The summed E-state index contributed by atoms with van der Waals surface area (Å²) in [6.07, 6.45) is 1.48. The average Bonchev–Trinajstić information content (AvgIpc) is 2.60. The molecule has 19 heavy (non-hydrogen) atoms. The predicted molar refractivity (Wildman–Crippen MR) is 80.1 cm³/mol. The molecule has 0 fully saturated rings. The van der Waals surface area contributed by atoms with Crippen molar-refractivity contribution >= 4 is 23.1 Å². The zero-order chi connectivity index (χ0) is 14.6. The molecule has 0 bridgehead atoms. The number of likely N-dealkylation sites (N-methyl/N-ethyl adjacent to an activating group) is 1. The zero-order valence-electron chi connectivity index (χ0n) is 12.1. The Kier molecular flexibility index (Phi) is 5.47. The number of hydrogen-bond donors (Lipinski definition) is 1. The normalized spacial score (nSPS) is 10.5. The van der Waals surface area contributed by atoms with Gasteiger partial charge in [0.2, 0.25) is 5.91 Å². The van der Waals surface area contributed by atoms with Crippen molar-refractivity contribution in [3.8, 4) is 0 Å². The molecular formula is C13H22N4OS. The van der Waals surface area contributed by atoms with Gasteiger partial charge >= 0.3 is 0 Å². The first-order chi connectivity index (χ1) is 8.86. The van der Waals surface area contributed by atoms with Crippen LogP contribution in [0.4, 0.5) is 0 Å².